The number of hydrogen-bond donors (Lipinski definition) is 1. The van der Waals surface area contributed by atoms with Crippen LogP contribution in [0.3, 0.4) is 0 Å². The largest absolute Gasteiger partial charge is 0.497 e. The molecule has 4 aromatic rings. The van der Waals surface area contributed by atoms with Gasteiger partial charge in [-0.2, -0.15) is 0 Å². The molecule has 1 aromatic heterocycles. The highest BCUT2D eigenvalue weighted by Crippen LogP contribution is 2.25. The average Bonchev–Trinajstić information content (AvgIpc) is 3.29. The van der Waals surface area contributed by atoms with Crippen molar-refractivity contribution in [3.05, 3.63) is 108 Å². The summed E-state index contributed by atoms with van der Waals surface area (Å²) in [5, 5.41) is 0. The molecule has 37 heavy (non-hydrogen) atoms. The molecule has 7 nitrogen and oxygen atoms in total. The summed E-state index contributed by atoms with van der Waals surface area (Å²) in [6.45, 7) is 5.86. The van der Waals surface area contributed by atoms with Crippen LogP contribution in [-0.4, -0.2) is 21.4 Å². The molecule has 4 rings (SSSR count). The molecule has 1 N–H and O–H groups in total. The zero-order valence-corrected chi connectivity index (χ0v) is 22.2. The third kappa shape index (κ3) is 7.72. The molecule has 0 unspecified atom stereocenters. The Morgan fingerprint density at radius 2 is 1.43 bits per heavy atom. The number of benzene rings is 3. The molecule has 0 spiro atoms. The molecule has 0 atom stereocenters. The van der Waals surface area contributed by atoms with E-state index < -0.39 is 15.9 Å². The first-order valence-electron chi connectivity index (χ1n) is 11.9. The first-order chi connectivity index (χ1) is 17.8. The van der Waals surface area contributed by atoms with E-state index in [1.165, 1.54) is 6.07 Å². The van der Waals surface area contributed by atoms with Crippen LogP contribution in [0.2, 0.25) is 0 Å². The molecule has 0 aliphatic rings. The van der Waals surface area contributed by atoms with Crippen LogP contribution >= 0.6 is 0 Å². The third-order valence-electron chi connectivity index (χ3n) is 5.36. The van der Waals surface area contributed by atoms with Crippen LogP contribution in [0, 0.1) is 6.92 Å². The van der Waals surface area contributed by atoms with Gasteiger partial charge in [0.1, 0.15) is 23.9 Å². The van der Waals surface area contributed by atoms with Crippen LogP contribution in [0.5, 0.6) is 11.5 Å². The average molecular weight is 522 g/mol. The Bertz CT molecular complexity index is 1390. The lowest BCUT2D eigenvalue weighted by Gasteiger charge is -2.07. The summed E-state index contributed by atoms with van der Waals surface area (Å²) in [4.78, 5) is 12.5. The van der Waals surface area contributed by atoms with Crippen LogP contribution in [0.1, 0.15) is 41.3 Å². The summed E-state index contributed by atoms with van der Waals surface area (Å²) in [5.41, 5.74) is 3.32. The van der Waals surface area contributed by atoms with Crippen molar-refractivity contribution in [1.29, 1.82) is 0 Å². The maximum Gasteiger partial charge on any atom is 0.300 e. The van der Waals surface area contributed by atoms with Crippen molar-refractivity contribution in [1.82, 2.24) is 4.72 Å². The fraction of sp³-hybridized carbons (Fsp3) is 0.207. The van der Waals surface area contributed by atoms with Gasteiger partial charge in [0, 0.05) is 5.56 Å². The van der Waals surface area contributed by atoms with Crippen LogP contribution in [0.4, 0.5) is 0 Å². The molecule has 1 amide bonds. The molecule has 194 valence electrons. The highest BCUT2D eigenvalue weighted by Gasteiger charge is 2.21. The molecular formula is C29H31NO6S. The first kappa shape index (κ1) is 27.5. The highest BCUT2D eigenvalue weighted by molar-refractivity contribution is 7.89. The lowest BCUT2D eigenvalue weighted by atomic mass is 10.1. The Morgan fingerprint density at radius 1 is 0.865 bits per heavy atom. The number of methoxy groups -OCH3 is 1. The summed E-state index contributed by atoms with van der Waals surface area (Å²) >= 11 is 0. The molecule has 0 bridgehead atoms. The van der Waals surface area contributed by atoms with Gasteiger partial charge in [0.15, 0.2) is 5.76 Å². The molecule has 0 aliphatic carbocycles. The summed E-state index contributed by atoms with van der Waals surface area (Å²) in [7, 11) is -2.24. The van der Waals surface area contributed by atoms with E-state index in [9.17, 15) is 13.2 Å². The smallest absolute Gasteiger partial charge is 0.300 e. The van der Waals surface area contributed by atoms with Crippen LogP contribution in [0.25, 0.3) is 11.1 Å². The Hall–Kier alpha value is -4.04. The maximum atomic E-state index is 12.5. The van der Waals surface area contributed by atoms with Gasteiger partial charge in [0.05, 0.1) is 12.9 Å². The van der Waals surface area contributed by atoms with Gasteiger partial charge < -0.3 is 13.9 Å². The molecule has 8 heteroatoms. The van der Waals surface area contributed by atoms with Crippen molar-refractivity contribution in [2.75, 3.05) is 7.11 Å². The molecule has 0 radical (unpaired) electrons. The molecule has 0 saturated heterocycles. The summed E-state index contributed by atoms with van der Waals surface area (Å²) in [6, 6.07) is 25.5. The minimum atomic E-state index is -3.87. The van der Waals surface area contributed by atoms with Crippen molar-refractivity contribution in [2.45, 2.75) is 33.1 Å². The van der Waals surface area contributed by atoms with Crippen LogP contribution in [0.15, 0.2) is 89.3 Å². The molecule has 0 fully saturated rings. The predicted octanol–water partition coefficient (Wildman–Crippen LogP) is 6.13. The van der Waals surface area contributed by atoms with Gasteiger partial charge in [-0.1, -0.05) is 68.4 Å². The lowest BCUT2D eigenvalue weighted by Crippen LogP contribution is -2.31. The van der Waals surface area contributed by atoms with Gasteiger partial charge in [-0.3, -0.25) is 4.79 Å². The standard InChI is InChI=1S/C27H25NO6S.C2H6/c1-19-23(16-26(34-19)27(29)28-35(30,31)18-20-6-4-3-5-7-20)17-33-25-14-10-22(11-15-25)21-8-12-24(32-2)13-9-21;1-2/h3-16H,17-18H2,1-2H3,(H,28,29);1-2H3. The lowest BCUT2D eigenvalue weighted by molar-refractivity contribution is 0.0953. The van der Waals surface area contributed by atoms with Gasteiger partial charge in [0.25, 0.3) is 5.91 Å². The number of rotatable bonds is 9. The Balaban J connectivity index is 0.00000186. The number of carbonyl (C=O) groups excluding carboxylic acids is 1. The Labute approximate surface area is 218 Å². The minimum Gasteiger partial charge on any atom is -0.497 e. The van der Waals surface area contributed by atoms with Gasteiger partial charge in [-0.25, -0.2) is 13.1 Å². The third-order valence-corrected chi connectivity index (χ3v) is 6.57. The molecule has 0 saturated carbocycles. The zero-order chi connectivity index (χ0) is 26.8. The van der Waals surface area contributed by atoms with Crippen molar-refractivity contribution in [3.8, 4) is 22.6 Å². The number of aryl methyl sites for hydroxylation is 1. The van der Waals surface area contributed by atoms with E-state index >= 15 is 0 Å². The van der Waals surface area contributed by atoms with E-state index in [-0.39, 0.29) is 18.1 Å². The molecule has 3 aromatic carbocycles. The fourth-order valence-corrected chi connectivity index (χ4v) is 4.57. The van der Waals surface area contributed by atoms with E-state index in [0.29, 0.717) is 22.6 Å². The first-order valence-corrected chi connectivity index (χ1v) is 13.5. The predicted molar refractivity (Wildman–Crippen MR) is 144 cm³/mol. The van der Waals surface area contributed by atoms with Gasteiger partial charge in [-0.15, -0.1) is 0 Å². The van der Waals surface area contributed by atoms with E-state index in [0.717, 1.165) is 16.9 Å². The van der Waals surface area contributed by atoms with E-state index in [2.05, 4.69) is 4.72 Å². The summed E-state index contributed by atoms with van der Waals surface area (Å²) in [6.07, 6.45) is 0. The number of hydrogen-bond acceptors (Lipinski definition) is 6. The van der Waals surface area contributed by atoms with Gasteiger partial charge in [0.2, 0.25) is 10.0 Å². The SMILES string of the molecule is CC.COc1ccc(-c2ccc(OCc3cc(C(=O)NS(=O)(=O)Cc4ccccc4)oc3C)cc2)cc1. The van der Waals surface area contributed by atoms with E-state index in [4.69, 9.17) is 13.9 Å². The van der Waals surface area contributed by atoms with Gasteiger partial charge in [-0.05, 0) is 53.9 Å². The van der Waals surface area contributed by atoms with Crippen molar-refractivity contribution >= 4 is 15.9 Å². The number of ether oxygens (including phenoxy) is 2. The van der Waals surface area contributed by atoms with Crippen molar-refractivity contribution in [3.63, 3.8) is 0 Å². The van der Waals surface area contributed by atoms with Crippen LogP contribution in [-0.2, 0) is 22.4 Å². The summed E-state index contributed by atoms with van der Waals surface area (Å²) < 4.78 is 43.3. The number of furan rings is 1. The van der Waals surface area contributed by atoms with E-state index in [1.807, 2.05) is 62.4 Å². The normalized spacial score (nSPS) is 10.7. The topological polar surface area (TPSA) is 94.8 Å². The Morgan fingerprint density at radius 3 is 2.00 bits per heavy atom. The number of sulfonamides is 1. The second kappa shape index (κ2) is 12.8. The molecule has 1 heterocycles. The monoisotopic (exact) mass is 521 g/mol. The second-order valence-electron chi connectivity index (χ2n) is 7.91. The van der Waals surface area contributed by atoms with Crippen molar-refractivity contribution in [2.24, 2.45) is 0 Å². The Kier molecular flexibility index (Phi) is 9.51. The molecule has 0 aliphatic heterocycles. The van der Waals surface area contributed by atoms with Crippen molar-refractivity contribution < 1.29 is 27.1 Å². The zero-order valence-electron chi connectivity index (χ0n) is 21.4. The van der Waals surface area contributed by atoms with Gasteiger partial charge >= 0.3 is 0 Å². The fourth-order valence-electron chi connectivity index (χ4n) is 3.48. The number of carbonyl (C=O) groups is 1. The molecular weight excluding hydrogens is 490 g/mol. The summed E-state index contributed by atoms with van der Waals surface area (Å²) in [5.74, 6) is 0.712. The highest BCUT2D eigenvalue weighted by atomic mass is 32.2. The maximum absolute atomic E-state index is 12.5. The quantitative estimate of drug-likeness (QED) is 0.285. The number of amides is 1. The number of nitrogens with one attached hydrogen (secondary N) is 1. The minimum absolute atomic E-state index is 0.0902. The van der Waals surface area contributed by atoms with Crippen LogP contribution < -0.4 is 14.2 Å². The second-order valence-corrected chi connectivity index (χ2v) is 9.63. The van der Waals surface area contributed by atoms with E-state index in [1.54, 1.807) is 44.4 Å².